The Morgan fingerprint density at radius 3 is 2.26 bits per heavy atom. The van der Waals surface area contributed by atoms with Gasteiger partial charge < -0.3 is 14.5 Å². The summed E-state index contributed by atoms with van der Waals surface area (Å²) in [4.78, 5) is 16.2. The van der Waals surface area contributed by atoms with E-state index in [0.717, 1.165) is 29.9 Å². The van der Waals surface area contributed by atoms with Crippen molar-refractivity contribution in [2.45, 2.75) is 26.4 Å². The van der Waals surface area contributed by atoms with Crippen LogP contribution in [0, 0.1) is 11.3 Å². The van der Waals surface area contributed by atoms with Crippen molar-refractivity contribution >= 4 is 11.8 Å². The first kappa shape index (κ1) is 18.8. The van der Waals surface area contributed by atoms with Gasteiger partial charge in [-0.2, -0.15) is 5.26 Å². The van der Waals surface area contributed by atoms with Crippen LogP contribution in [0.2, 0.25) is 0 Å². The minimum Gasteiger partial charge on any atom is -0.444 e. The van der Waals surface area contributed by atoms with Gasteiger partial charge >= 0.3 is 6.09 Å². The van der Waals surface area contributed by atoms with E-state index in [1.165, 1.54) is 0 Å². The number of anilines is 1. The molecule has 1 saturated heterocycles. The molecule has 0 atom stereocenters. The van der Waals surface area contributed by atoms with E-state index in [1.54, 1.807) is 4.90 Å². The van der Waals surface area contributed by atoms with Crippen LogP contribution in [0.5, 0.6) is 0 Å². The lowest BCUT2D eigenvalue weighted by Gasteiger charge is -2.36. The average Bonchev–Trinajstić information content (AvgIpc) is 2.67. The number of hydrogen-bond acceptors (Lipinski definition) is 4. The highest BCUT2D eigenvalue weighted by molar-refractivity contribution is 5.69. The largest absolute Gasteiger partial charge is 0.444 e. The molecule has 2 aromatic carbocycles. The number of amides is 1. The maximum absolute atomic E-state index is 12.2. The third-order valence-corrected chi connectivity index (χ3v) is 4.49. The van der Waals surface area contributed by atoms with Gasteiger partial charge in [0.1, 0.15) is 5.60 Å². The predicted octanol–water partition coefficient (Wildman–Crippen LogP) is 4.28. The zero-order valence-electron chi connectivity index (χ0n) is 16.1. The van der Waals surface area contributed by atoms with Crippen molar-refractivity contribution < 1.29 is 9.53 Å². The van der Waals surface area contributed by atoms with Crippen LogP contribution in [-0.4, -0.2) is 42.8 Å². The first-order valence-corrected chi connectivity index (χ1v) is 9.19. The summed E-state index contributed by atoms with van der Waals surface area (Å²) in [7, 11) is 0. The molecule has 5 nitrogen and oxygen atoms in total. The Labute approximate surface area is 160 Å². The number of piperazine rings is 1. The van der Waals surface area contributed by atoms with Gasteiger partial charge in [-0.15, -0.1) is 0 Å². The molecule has 2 aromatic rings. The summed E-state index contributed by atoms with van der Waals surface area (Å²) in [5.74, 6) is 0. The van der Waals surface area contributed by atoms with Crippen LogP contribution in [0.1, 0.15) is 26.3 Å². The van der Waals surface area contributed by atoms with Gasteiger partial charge in [0.25, 0.3) is 0 Å². The van der Waals surface area contributed by atoms with E-state index in [1.807, 2.05) is 45.0 Å². The molecule has 1 heterocycles. The van der Waals surface area contributed by atoms with Crippen LogP contribution in [0.15, 0.2) is 48.5 Å². The SMILES string of the molecule is CC(C)(C)OC(=O)N1CCN(c2ccc(-c3cccc(C#N)c3)cc2)CC1. The molecule has 140 valence electrons. The molecule has 0 unspecified atom stereocenters. The van der Waals surface area contributed by atoms with Crippen LogP contribution in [-0.2, 0) is 4.74 Å². The number of nitrogens with zero attached hydrogens (tertiary/aromatic N) is 3. The van der Waals surface area contributed by atoms with Crippen molar-refractivity contribution in [1.82, 2.24) is 4.90 Å². The second-order valence-electron chi connectivity index (χ2n) is 7.69. The van der Waals surface area contributed by atoms with E-state index in [4.69, 9.17) is 10.00 Å². The Morgan fingerprint density at radius 1 is 1.00 bits per heavy atom. The van der Waals surface area contributed by atoms with Gasteiger partial charge in [0.2, 0.25) is 0 Å². The number of carbonyl (C=O) groups is 1. The van der Waals surface area contributed by atoms with Gasteiger partial charge in [0, 0.05) is 31.9 Å². The number of rotatable bonds is 2. The van der Waals surface area contributed by atoms with E-state index in [2.05, 4.69) is 35.2 Å². The highest BCUT2D eigenvalue weighted by Gasteiger charge is 2.25. The van der Waals surface area contributed by atoms with Gasteiger partial charge in [-0.25, -0.2) is 4.79 Å². The summed E-state index contributed by atoms with van der Waals surface area (Å²) >= 11 is 0. The predicted molar refractivity (Wildman–Crippen MR) is 107 cm³/mol. The molecule has 3 rings (SSSR count). The van der Waals surface area contributed by atoms with E-state index in [-0.39, 0.29) is 6.09 Å². The monoisotopic (exact) mass is 363 g/mol. The Bertz CT molecular complexity index is 839. The van der Waals surface area contributed by atoms with E-state index >= 15 is 0 Å². The summed E-state index contributed by atoms with van der Waals surface area (Å²) < 4.78 is 5.45. The van der Waals surface area contributed by atoms with Crippen LogP contribution < -0.4 is 4.90 Å². The molecule has 0 saturated carbocycles. The van der Waals surface area contributed by atoms with Gasteiger partial charge in [0.15, 0.2) is 0 Å². The number of nitriles is 1. The minimum atomic E-state index is -0.465. The topological polar surface area (TPSA) is 56.6 Å². The number of carbonyl (C=O) groups excluding carboxylic acids is 1. The lowest BCUT2D eigenvalue weighted by Crippen LogP contribution is -2.50. The molecule has 0 aliphatic carbocycles. The first-order valence-electron chi connectivity index (χ1n) is 9.19. The molecule has 1 aliphatic rings. The number of hydrogen-bond donors (Lipinski definition) is 0. The zero-order chi connectivity index (χ0) is 19.4. The molecule has 0 N–H and O–H groups in total. The third kappa shape index (κ3) is 4.79. The van der Waals surface area contributed by atoms with Crippen molar-refractivity contribution in [1.29, 1.82) is 5.26 Å². The molecule has 1 amide bonds. The average molecular weight is 363 g/mol. The maximum atomic E-state index is 12.2. The lowest BCUT2D eigenvalue weighted by molar-refractivity contribution is 0.0240. The molecule has 5 heteroatoms. The summed E-state index contributed by atoms with van der Waals surface area (Å²) in [6.07, 6.45) is -0.241. The normalized spacial score (nSPS) is 14.6. The summed E-state index contributed by atoms with van der Waals surface area (Å²) in [5, 5.41) is 9.05. The Morgan fingerprint density at radius 2 is 1.67 bits per heavy atom. The minimum absolute atomic E-state index is 0.241. The Balaban J connectivity index is 1.62. The molecule has 0 spiro atoms. The van der Waals surface area contributed by atoms with E-state index < -0.39 is 5.60 Å². The van der Waals surface area contributed by atoms with Gasteiger partial charge in [-0.05, 0) is 56.2 Å². The first-order chi connectivity index (χ1) is 12.9. The van der Waals surface area contributed by atoms with Crippen molar-refractivity contribution in [2.75, 3.05) is 31.1 Å². The molecule has 0 radical (unpaired) electrons. The number of benzene rings is 2. The van der Waals surface area contributed by atoms with Crippen LogP contribution in [0.25, 0.3) is 11.1 Å². The molecule has 1 fully saturated rings. The molecule has 0 aromatic heterocycles. The summed E-state index contributed by atoms with van der Waals surface area (Å²) in [5.41, 5.74) is 3.46. The third-order valence-electron chi connectivity index (χ3n) is 4.49. The second kappa shape index (κ2) is 7.71. The van der Waals surface area contributed by atoms with Crippen molar-refractivity contribution in [3.8, 4) is 17.2 Å². The second-order valence-corrected chi connectivity index (χ2v) is 7.69. The van der Waals surface area contributed by atoms with Gasteiger partial charge in [0.05, 0.1) is 11.6 Å². The number of ether oxygens (including phenoxy) is 1. The van der Waals surface area contributed by atoms with Crippen molar-refractivity contribution in [3.63, 3.8) is 0 Å². The van der Waals surface area contributed by atoms with Gasteiger partial charge in [-0.3, -0.25) is 0 Å². The fourth-order valence-corrected chi connectivity index (χ4v) is 3.11. The Hall–Kier alpha value is -3.00. The summed E-state index contributed by atoms with van der Waals surface area (Å²) in [6, 6.07) is 18.1. The fraction of sp³-hybridized carbons (Fsp3) is 0.364. The van der Waals surface area contributed by atoms with Crippen LogP contribution in [0.4, 0.5) is 10.5 Å². The van der Waals surface area contributed by atoms with E-state index in [9.17, 15) is 4.79 Å². The van der Waals surface area contributed by atoms with Crippen molar-refractivity contribution in [3.05, 3.63) is 54.1 Å². The molecule has 0 bridgehead atoms. The van der Waals surface area contributed by atoms with Crippen LogP contribution >= 0.6 is 0 Å². The molecule has 27 heavy (non-hydrogen) atoms. The molecular formula is C22H25N3O2. The molecular weight excluding hydrogens is 338 g/mol. The smallest absolute Gasteiger partial charge is 0.410 e. The quantitative estimate of drug-likeness (QED) is 0.799. The fourth-order valence-electron chi connectivity index (χ4n) is 3.11. The summed E-state index contributed by atoms with van der Waals surface area (Å²) in [6.45, 7) is 8.52. The van der Waals surface area contributed by atoms with Gasteiger partial charge in [-0.1, -0.05) is 24.3 Å². The lowest BCUT2D eigenvalue weighted by atomic mass is 10.0. The Kier molecular flexibility index (Phi) is 5.36. The highest BCUT2D eigenvalue weighted by atomic mass is 16.6. The standard InChI is InChI=1S/C22H25N3O2/c1-22(2,3)27-21(26)25-13-11-24(12-14-25)20-9-7-18(8-10-20)19-6-4-5-17(15-19)16-23/h4-10,15H,11-14H2,1-3H3. The van der Waals surface area contributed by atoms with Crippen molar-refractivity contribution in [2.24, 2.45) is 0 Å². The maximum Gasteiger partial charge on any atom is 0.410 e. The van der Waals surface area contributed by atoms with Crippen LogP contribution in [0.3, 0.4) is 0 Å². The zero-order valence-corrected chi connectivity index (χ0v) is 16.1. The van der Waals surface area contributed by atoms with E-state index in [0.29, 0.717) is 18.7 Å². The highest BCUT2D eigenvalue weighted by Crippen LogP contribution is 2.25. The molecule has 1 aliphatic heterocycles.